The number of ketones is 2. The van der Waals surface area contributed by atoms with Gasteiger partial charge in [-0.05, 0) is 92.6 Å². The van der Waals surface area contributed by atoms with Crippen molar-refractivity contribution in [2.45, 2.75) is 151 Å². The van der Waals surface area contributed by atoms with Gasteiger partial charge in [-0.25, -0.2) is 4.98 Å². The van der Waals surface area contributed by atoms with E-state index in [1.165, 1.54) is 12.8 Å². The average molecular weight is 622 g/mol. The number of hydrogen-bond donors (Lipinski definition) is 2. The quantitative estimate of drug-likeness (QED) is 0.147. The third-order valence-electron chi connectivity index (χ3n) is 11.5. The third kappa shape index (κ3) is 8.16. The number of hydrogen-bond acceptors (Lipinski definition) is 6. The molecule has 1 unspecified atom stereocenters. The molecule has 2 aromatic heterocycles. The maximum atomic E-state index is 14.2. The fourth-order valence-corrected chi connectivity index (χ4v) is 7.34. The van der Waals surface area contributed by atoms with E-state index in [2.05, 4.69) is 61.5 Å². The normalized spacial score (nSPS) is 24.0. The van der Waals surface area contributed by atoms with Gasteiger partial charge in [0.05, 0.1) is 0 Å². The molecule has 0 aromatic carbocycles. The van der Waals surface area contributed by atoms with Crippen molar-refractivity contribution in [2.24, 2.45) is 28.1 Å². The molecule has 0 radical (unpaired) electrons. The molecule has 45 heavy (non-hydrogen) atoms. The smallest absolute Gasteiger partial charge is 0.201 e. The van der Waals surface area contributed by atoms with Gasteiger partial charge in [0.2, 0.25) is 5.78 Å². The van der Waals surface area contributed by atoms with Crippen LogP contribution < -0.4 is 0 Å². The SMILES string of the molecule is CCC(C)(C)C(CC/C=C/C(=O)[C@H]1CC[C@](C)(C(O)O)CC1)C(=O)c1cc2nc(C3CCC(C)(C)CC3)cc(C(C)(C)C)c2o1. The van der Waals surface area contributed by atoms with Crippen LogP contribution in [0.2, 0.25) is 0 Å². The Bertz CT molecular complexity index is 1370. The van der Waals surface area contributed by atoms with Crippen LogP contribution in [0.25, 0.3) is 11.1 Å². The highest BCUT2D eigenvalue weighted by molar-refractivity contribution is 5.99. The zero-order valence-electron chi connectivity index (χ0n) is 29.5. The van der Waals surface area contributed by atoms with Gasteiger partial charge in [-0.1, -0.05) is 74.8 Å². The van der Waals surface area contributed by atoms with Crippen molar-refractivity contribution in [2.75, 3.05) is 0 Å². The topological polar surface area (TPSA) is 101 Å². The van der Waals surface area contributed by atoms with Gasteiger partial charge in [0.25, 0.3) is 0 Å². The first kappa shape index (κ1) is 35.5. The van der Waals surface area contributed by atoms with E-state index in [-0.39, 0.29) is 34.2 Å². The monoisotopic (exact) mass is 621 g/mol. The number of aliphatic hydroxyl groups excluding tert-OH is 1. The van der Waals surface area contributed by atoms with E-state index >= 15 is 0 Å². The van der Waals surface area contributed by atoms with Crippen LogP contribution in [0.4, 0.5) is 0 Å². The molecule has 2 fully saturated rings. The van der Waals surface area contributed by atoms with Crippen LogP contribution in [0.3, 0.4) is 0 Å². The molecule has 0 saturated heterocycles. The summed E-state index contributed by atoms with van der Waals surface area (Å²) < 4.78 is 6.42. The molecule has 0 bridgehead atoms. The first-order valence-electron chi connectivity index (χ1n) is 17.4. The van der Waals surface area contributed by atoms with E-state index in [1.54, 1.807) is 6.08 Å². The Kier molecular flexibility index (Phi) is 10.6. The molecule has 2 aromatic rings. The molecule has 1 atom stereocenters. The summed E-state index contributed by atoms with van der Waals surface area (Å²) >= 11 is 0. The zero-order chi connectivity index (χ0) is 33.4. The fourth-order valence-electron chi connectivity index (χ4n) is 7.34. The van der Waals surface area contributed by atoms with Crippen LogP contribution in [0.1, 0.15) is 161 Å². The van der Waals surface area contributed by atoms with Crippen molar-refractivity contribution in [3.8, 4) is 0 Å². The van der Waals surface area contributed by atoms with E-state index in [4.69, 9.17) is 9.40 Å². The first-order chi connectivity index (χ1) is 20.9. The van der Waals surface area contributed by atoms with E-state index in [9.17, 15) is 19.8 Å². The Balaban J connectivity index is 1.52. The first-order valence-corrected chi connectivity index (χ1v) is 17.4. The molecule has 6 heteroatoms. The summed E-state index contributed by atoms with van der Waals surface area (Å²) in [4.78, 5) is 32.2. The molecule has 2 aliphatic rings. The lowest BCUT2D eigenvalue weighted by atomic mass is 9.70. The molecule has 2 saturated carbocycles. The second-order valence-corrected chi connectivity index (χ2v) is 17.1. The number of pyridine rings is 1. The number of rotatable bonds is 11. The van der Waals surface area contributed by atoms with E-state index in [0.717, 1.165) is 41.6 Å². The van der Waals surface area contributed by atoms with Crippen molar-refractivity contribution in [1.82, 2.24) is 4.98 Å². The number of aromatic nitrogens is 1. The lowest BCUT2D eigenvalue weighted by molar-refractivity contribution is -0.147. The standard InChI is InChI=1S/C39H59NO5/c1-10-38(7,8)27(13-11-12-14-31(41)26-17-21-39(9,22-18-26)35(43)44)33(42)32-24-30-34(45-32)28(36(2,3)4)23-29(40-30)25-15-19-37(5,6)20-16-25/h12,14,23-27,35,43-44H,10-11,13,15-22H2,1-9H3/b14-12+/t26-,27?,39-. The number of carbonyl (C=O) groups is 2. The Labute approximate surface area is 271 Å². The number of fused-ring (bicyclic) bond motifs is 1. The maximum Gasteiger partial charge on any atom is 0.201 e. The number of carbonyl (C=O) groups excluding carboxylic acids is 2. The van der Waals surface area contributed by atoms with Gasteiger partial charge in [0.1, 0.15) is 5.52 Å². The number of furan rings is 1. The molecular weight excluding hydrogens is 562 g/mol. The number of aliphatic hydroxyl groups is 2. The van der Waals surface area contributed by atoms with E-state index < -0.39 is 11.7 Å². The predicted octanol–water partition coefficient (Wildman–Crippen LogP) is 9.46. The van der Waals surface area contributed by atoms with Crippen LogP contribution in [0.5, 0.6) is 0 Å². The van der Waals surface area contributed by atoms with Gasteiger partial charge < -0.3 is 14.6 Å². The highest BCUT2D eigenvalue weighted by Crippen LogP contribution is 2.45. The second-order valence-electron chi connectivity index (χ2n) is 17.1. The summed E-state index contributed by atoms with van der Waals surface area (Å²) in [7, 11) is 0. The van der Waals surface area contributed by atoms with Crippen LogP contribution >= 0.6 is 0 Å². The van der Waals surface area contributed by atoms with Gasteiger partial charge in [-0.2, -0.15) is 0 Å². The molecular formula is C39H59NO5. The van der Waals surface area contributed by atoms with Gasteiger partial charge in [0, 0.05) is 40.5 Å². The predicted molar refractivity (Wildman–Crippen MR) is 181 cm³/mol. The molecule has 4 rings (SSSR count). The van der Waals surface area contributed by atoms with Gasteiger partial charge >= 0.3 is 0 Å². The summed E-state index contributed by atoms with van der Waals surface area (Å²) in [5.41, 5.74) is 3.18. The molecule has 2 heterocycles. The molecule has 0 aliphatic heterocycles. The number of allylic oxidation sites excluding steroid dienone is 2. The summed E-state index contributed by atoms with van der Waals surface area (Å²) in [5.74, 6) is 0.572. The van der Waals surface area contributed by atoms with Crippen LogP contribution in [-0.2, 0) is 10.2 Å². The Morgan fingerprint density at radius 1 is 1.00 bits per heavy atom. The van der Waals surface area contributed by atoms with E-state index in [0.29, 0.717) is 55.6 Å². The zero-order valence-corrected chi connectivity index (χ0v) is 29.5. The summed E-state index contributed by atoms with van der Waals surface area (Å²) in [6.07, 6.45) is 11.6. The lowest BCUT2D eigenvalue weighted by Crippen LogP contribution is -2.37. The van der Waals surface area contributed by atoms with Crippen LogP contribution in [0.15, 0.2) is 28.7 Å². The van der Waals surface area contributed by atoms with Crippen molar-refractivity contribution in [1.29, 1.82) is 0 Å². The fraction of sp³-hybridized carbons (Fsp3) is 0.718. The van der Waals surface area contributed by atoms with Crippen molar-refractivity contribution >= 4 is 22.7 Å². The highest BCUT2D eigenvalue weighted by atomic mass is 16.5. The molecule has 0 spiro atoms. The largest absolute Gasteiger partial charge is 0.451 e. The average Bonchev–Trinajstić information content (AvgIpc) is 3.40. The number of Topliss-reactive ketones (excluding diaryl/α,β-unsaturated/α-hetero) is 1. The Hall–Kier alpha value is -2.31. The van der Waals surface area contributed by atoms with Crippen LogP contribution in [0, 0.1) is 28.1 Å². The Morgan fingerprint density at radius 2 is 1.62 bits per heavy atom. The van der Waals surface area contributed by atoms with Crippen molar-refractivity contribution in [3.05, 3.63) is 41.3 Å². The van der Waals surface area contributed by atoms with Gasteiger partial charge in [-0.3, -0.25) is 9.59 Å². The minimum absolute atomic E-state index is 0.00882. The van der Waals surface area contributed by atoms with Crippen molar-refractivity contribution in [3.63, 3.8) is 0 Å². The summed E-state index contributed by atoms with van der Waals surface area (Å²) in [5, 5.41) is 19.4. The Morgan fingerprint density at radius 3 is 2.18 bits per heavy atom. The maximum absolute atomic E-state index is 14.2. The molecule has 2 N–H and O–H groups in total. The molecule has 6 nitrogen and oxygen atoms in total. The van der Waals surface area contributed by atoms with E-state index in [1.807, 2.05) is 19.1 Å². The molecule has 2 aliphatic carbocycles. The number of nitrogens with zero attached hydrogens (tertiary/aromatic N) is 1. The van der Waals surface area contributed by atoms with Gasteiger partial charge in [0.15, 0.2) is 23.4 Å². The third-order valence-corrected chi connectivity index (χ3v) is 11.5. The van der Waals surface area contributed by atoms with Crippen LogP contribution in [-0.4, -0.2) is 33.1 Å². The lowest BCUT2D eigenvalue weighted by Gasteiger charge is -2.37. The molecule has 250 valence electrons. The van der Waals surface area contributed by atoms with Crippen molar-refractivity contribution < 1.29 is 24.2 Å². The minimum atomic E-state index is -1.35. The second kappa shape index (κ2) is 13.4. The summed E-state index contributed by atoms with van der Waals surface area (Å²) in [6, 6.07) is 4.11. The summed E-state index contributed by atoms with van der Waals surface area (Å²) in [6.45, 7) is 19.6. The molecule has 0 amide bonds. The van der Waals surface area contributed by atoms with Gasteiger partial charge in [-0.15, -0.1) is 0 Å². The highest BCUT2D eigenvalue weighted by Gasteiger charge is 2.39. The minimum Gasteiger partial charge on any atom is -0.451 e.